The minimum Gasteiger partial charge on any atom is -0.493 e. The van der Waals surface area contributed by atoms with Gasteiger partial charge in [0, 0.05) is 60.3 Å². The second-order valence-corrected chi connectivity index (χ2v) is 24.0. The zero-order valence-electron chi connectivity index (χ0n) is 41.8. The number of aryl methyl sites for hydroxylation is 3. The summed E-state index contributed by atoms with van der Waals surface area (Å²) in [5, 5.41) is 0. The van der Waals surface area contributed by atoms with E-state index in [0.717, 1.165) is 71.3 Å². The molecule has 3 amide bonds. The van der Waals surface area contributed by atoms with Gasteiger partial charge in [-0.2, -0.15) is 0 Å². The number of amides is 3. The van der Waals surface area contributed by atoms with Crippen LogP contribution in [-0.2, 0) is 57.9 Å². The molecule has 4 aliphatic heterocycles. The molecule has 9 rings (SSSR count). The Morgan fingerprint density at radius 1 is 0.676 bits per heavy atom. The van der Waals surface area contributed by atoms with Gasteiger partial charge in [-0.15, -0.1) is 0 Å². The van der Waals surface area contributed by atoms with E-state index in [4.69, 9.17) is 28.4 Å². The summed E-state index contributed by atoms with van der Waals surface area (Å²) in [5.74, 6) is 1.59. The van der Waals surface area contributed by atoms with Crippen LogP contribution in [0.15, 0.2) is 91.0 Å². The van der Waals surface area contributed by atoms with Gasteiger partial charge in [-0.05, 0) is 165 Å². The van der Waals surface area contributed by atoms with Gasteiger partial charge in [0.15, 0.2) is 19.8 Å². The third-order valence-electron chi connectivity index (χ3n) is 14.2. The van der Waals surface area contributed by atoms with Crippen molar-refractivity contribution in [2.45, 2.75) is 103 Å². The maximum absolute atomic E-state index is 14.3. The van der Waals surface area contributed by atoms with Gasteiger partial charge in [-0.3, -0.25) is 14.4 Å². The van der Waals surface area contributed by atoms with Crippen LogP contribution in [0, 0.1) is 6.92 Å². The summed E-state index contributed by atoms with van der Waals surface area (Å²) in [5.41, 5.74) is 10.7. The summed E-state index contributed by atoms with van der Waals surface area (Å²) in [4.78, 5) is 59.0. The van der Waals surface area contributed by atoms with E-state index in [1.54, 1.807) is 19.1 Å². The minimum absolute atomic E-state index is 0.0283. The standard InChI is InChI=1S/C57H67N3O10Si/c1-38-27-48-41(16-18-45-31-43-11-6-8-13-50(43)59(45)56(48)62)33-52(38)69-36-39-28-40(30-47(29-39)58(55(61)15-10-26-71(4,5)64)20-21-67-24-25-68-23-22-65-2)37-70-54-34-42-17-19-46-32-44-12-7-9-14-51(44)60(46)57(63)49(42)35-53(54)66-3/h6-9,11-14,27-30,33-35,45-46,64H,10,15-26,31-32,36-37H2,1-5H3/t45-,46-/m1/s1. The number of nitrogens with zero attached hydrogens (tertiary/aromatic N) is 3. The molecule has 71 heavy (non-hydrogen) atoms. The van der Waals surface area contributed by atoms with Gasteiger partial charge in [0.1, 0.15) is 19.0 Å². The molecule has 0 bridgehead atoms. The Morgan fingerprint density at radius 2 is 1.23 bits per heavy atom. The number of methoxy groups -OCH3 is 2. The van der Waals surface area contributed by atoms with Gasteiger partial charge in [0.25, 0.3) is 11.8 Å². The fourth-order valence-corrected chi connectivity index (χ4v) is 11.7. The van der Waals surface area contributed by atoms with Crippen LogP contribution < -0.4 is 28.9 Å². The van der Waals surface area contributed by atoms with E-state index in [1.165, 1.54) is 11.1 Å². The molecule has 0 aliphatic carbocycles. The Labute approximate surface area is 418 Å². The van der Waals surface area contributed by atoms with Crippen molar-refractivity contribution in [3.63, 3.8) is 0 Å². The van der Waals surface area contributed by atoms with Gasteiger partial charge in [-0.25, -0.2) is 0 Å². The van der Waals surface area contributed by atoms with E-state index in [9.17, 15) is 19.2 Å². The van der Waals surface area contributed by atoms with E-state index >= 15 is 0 Å². The summed E-state index contributed by atoms with van der Waals surface area (Å²) >= 11 is 0. The van der Waals surface area contributed by atoms with Gasteiger partial charge >= 0.3 is 0 Å². The molecule has 2 atom stereocenters. The average molecular weight is 982 g/mol. The van der Waals surface area contributed by atoms with Crippen molar-refractivity contribution >= 4 is 43.1 Å². The molecule has 0 spiro atoms. The van der Waals surface area contributed by atoms with E-state index in [-0.39, 0.29) is 62.6 Å². The summed E-state index contributed by atoms with van der Waals surface area (Å²) in [6, 6.07) is 30.9. The number of hydrogen-bond acceptors (Lipinski definition) is 10. The zero-order chi connectivity index (χ0) is 49.6. The summed E-state index contributed by atoms with van der Waals surface area (Å²) in [6.07, 6.45) is 5.65. The molecule has 0 unspecified atom stereocenters. The van der Waals surface area contributed by atoms with E-state index in [0.29, 0.717) is 79.4 Å². The average Bonchev–Trinajstić information content (AvgIpc) is 3.85. The maximum atomic E-state index is 14.3. The van der Waals surface area contributed by atoms with Gasteiger partial charge in [-0.1, -0.05) is 36.4 Å². The monoisotopic (exact) mass is 981 g/mol. The van der Waals surface area contributed by atoms with Crippen LogP contribution in [0.1, 0.15) is 85.3 Å². The quantitative estimate of drug-likeness (QED) is 0.0560. The SMILES string of the molecule is COCCOCCOCCN(C(=O)CCC[Si](C)(C)O)c1cc(COc2cc3c(cc2C)C(=O)N2c4ccccc4C[C@H]2CC3)cc(COc2cc3c(cc2OC)C(=O)N2c4ccccc4C[C@H]2CC3)c1. The number of ether oxygens (including phenoxy) is 6. The second kappa shape index (κ2) is 22.2. The lowest BCUT2D eigenvalue weighted by molar-refractivity contribution is -0.118. The van der Waals surface area contributed by atoms with Gasteiger partial charge in [0.2, 0.25) is 5.91 Å². The highest BCUT2D eigenvalue weighted by Crippen LogP contribution is 2.42. The van der Waals surface area contributed by atoms with Crippen LogP contribution in [0.2, 0.25) is 19.1 Å². The summed E-state index contributed by atoms with van der Waals surface area (Å²) < 4.78 is 35.9. The topological polar surface area (TPSA) is 137 Å². The third kappa shape index (κ3) is 11.4. The highest BCUT2D eigenvalue weighted by atomic mass is 28.4. The molecule has 4 aliphatic rings. The lowest BCUT2D eigenvalue weighted by Crippen LogP contribution is -2.36. The third-order valence-corrected chi connectivity index (χ3v) is 15.8. The predicted octanol–water partition coefficient (Wildman–Crippen LogP) is 9.19. The Balaban J connectivity index is 0.989. The first-order valence-electron chi connectivity index (χ1n) is 25.1. The van der Waals surface area contributed by atoms with E-state index < -0.39 is 8.32 Å². The molecule has 1 N–H and O–H groups in total. The molecule has 0 aromatic heterocycles. The normalized spacial score (nSPS) is 16.8. The van der Waals surface area contributed by atoms with Gasteiger partial charge < -0.3 is 47.9 Å². The van der Waals surface area contributed by atoms with E-state index in [1.807, 2.05) is 109 Å². The first-order chi connectivity index (χ1) is 34.4. The van der Waals surface area contributed by atoms with Crippen LogP contribution in [0.4, 0.5) is 17.1 Å². The number of para-hydroxylation sites is 2. The molecule has 14 heteroatoms. The molecule has 4 heterocycles. The van der Waals surface area contributed by atoms with Crippen LogP contribution in [0.25, 0.3) is 0 Å². The zero-order valence-corrected chi connectivity index (χ0v) is 42.8. The molecule has 374 valence electrons. The molecule has 13 nitrogen and oxygen atoms in total. The van der Waals surface area contributed by atoms with Crippen molar-refractivity contribution in [2.24, 2.45) is 0 Å². The Bertz CT molecular complexity index is 2760. The molecule has 0 saturated heterocycles. The van der Waals surface area contributed by atoms with Crippen LogP contribution in [-0.4, -0.2) is 96.7 Å². The lowest BCUT2D eigenvalue weighted by atomic mass is 9.98. The molecule has 0 saturated carbocycles. The number of anilines is 3. The van der Waals surface area contributed by atoms with Gasteiger partial charge in [0.05, 0.1) is 40.1 Å². The first kappa shape index (κ1) is 49.9. The fraction of sp³-hybridized carbons (Fsp3) is 0.421. The number of fused-ring (bicyclic) bond motifs is 8. The summed E-state index contributed by atoms with van der Waals surface area (Å²) in [7, 11) is 0.833. The van der Waals surface area contributed by atoms with Crippen molar-refractivity contribution in [3.8, 4) is 17.2 Å². The smallest absolute Gasteiger partial charge is 0.258 e. The number of hydrogen-bond donors (Lipinski definition) is 1. The molecule has 5 aromatic carbocycles. The number of carbonyl (C=O) groups excluding carboxylic acids is 3. The first-order valence-corrected chi connectivity index (χ1v) is 28.3. The van der Waals surface area contributed by atoms with Crippen molar-refractivity contribution in [1.82, 2.24) is 0 Å². The van der Waals surface area contributed by atoms with E-state index in [2.05, 4.69) is 12.1 Å². The highest BCUT2D eigenvalue weighted by molar-refractivity contribution is 6.69. The van der Waals surface area contributed by atoms with Crippen LogP contribution in [0.5, 0.6) is 17.2 Å². The highest BCUT2D eigenvalue weighted by Gasteiger charge is 2.39. The fourth-order valence-electron chi connectivity index (χ4n) is 10.6. The van der Waals surface area contributed by atoms with Crippen molar-refractivity contribution < 1.29 is 47.6 Å². The Morgan fingerprint density at radius 3 is 1.82 bits per heavy atom. The van der Waals surface area contributed by atoms with Crippen molar-refractivity contribution in [3.05, 3.63) is 141 Å². The van der Waals surface area contributed by atoms with Crippen molar-refractivity contribution in [2.75, 3.05) is 68.5 Å². The van der Waals surface area contributed by atoms with Crippen LogP contribution >= 0.6 is 0 Å². The largest absolute Gasteiger partial charge is 0.493 e. The number of carbonyl (C=O) groups is 3. The number of rotatable bonds is 21. The maximum Gasteiger partial charge on any atom is 0.258 e. The summed E-state index contributed by atoms with van der Waals surface area (Å²) in [6.45, 7) is 8.36. The minimum atomic E-state index is -2.38. The second-order valence-electron chi connectivity index (χ2n) is 19.9. The Hall–Kier alpha value is -6.03. The Kier molecular flexibility index (Phi) is 15.6. The molecular formula is C57H67N3O10Si. The van der Waals surface area contributed by atoms with Crippen LogP contribution in [0.3, 0.4) is 0 Å². The number of benzene rings is 5. The molecule has 5 aromatic rings. The molecule has 0 radical (unpaired) electrons. The van der Waals surface area contributed by atoms with Crippen molar-refractivity contribution in [1.29, 1.82) is 0 Å². The molecule has 0 fully saturated rings. The molecular weight excluding hydrogens is 915 g/mol. The predicted molar refractivity (Wildman–Crippen MR) is 277 cm³/mol. The lowest BCUT2D eigenvalue weighted by Gasteiger charge is -2.25.